The lowest BCUT2D eigenvalue weighted by Crippen LogP contribution is -2.70. The number of oxime groups is 1. The summed E-state index contributed by atoms with van der Waals surface area (Å²) < 4.78 is 38.8. The van der Waals surface area contributed by atoms with Gasteiger partial charge in [-0.1, -0.05) is 66.5 Å². The Kier molecular flexibility index (Phi) is 14.4. The first-order valence-corrected chi connectivity index (χ1v) is 23.7. The Labute approximate surface area is 400 Å². The van der Waals surface area contributed by atoms with Gasteiger partial charge in [0.1, 0.15) is 35.6 Å². The number of hydrogen-bond acceptors (Lipinski definition) is 13. The second-order valence-corrected chi connectivity index (χ2v) is 17.7. The van der Waals surface area contributed by atoms with E-state index in [2.05, 4.69) is 24.8 Å². The van der Waals surface area contributed by atoms with Crippen LogP contribution in [0.15, 0.2) is 133 Å². The minimum absolute atomic E-state index is 0.0108. The molecule has 2 heterocycles. The molecule has 6 atom stereocenters. The van der Waals surface area contributed by atoms with Crippen LogP contribution in [-0.2, 0) is 16.1 Å². The van der Waals surface area contributed by atoms with E-state index in [0.717, 1.165) is 47.6 Å². The number of non-ortho nitro benzene ring substituents is 1. The van der Waals surface area contributed by atoms with Gasteiger partial charge in [0.15, 0.2) is 11.5 Å². The van der Waals surface area contributed by atoms with E-state index in [4.69, 9.17) is 38.4 Å². The van der Waals surface area contributed by atoms with Crippen LogP contribution < -0.4 is 23.7 Å². The molecule has 5 aromatic rings. The highest BCUT2D eigenvalue weighted by molar-refractivity contribution is 6.03. The Hall–Kier alpha value is -6.94. The zero-order chi connectivity index (χ0) is 47.9. The summed E-state index contributed by atoms with van der Waals surface area (Å²) in [5, 5.41) is 38.6. The maximum absolute atomic E-state index is 15.1. The number of nitro groups is 1. The molecule has 2 aliphatic heterocycles. The van der Waals surface area contributed by atoms with Gasteiger partial charge in [-0.3, -0.25) is 15.0 Å². The van der Waals surface area contributed by atoms with Crippen molar-refractivity contribution in [1.29, 1.82) is 0 Å². The summed E-state index contributed by atoms with van der Waals surface area (Å²) in [5.74, 6) is 0.506. The van der Waals surface area contributed by atoms with E-state index in [1.165, 1.54) is 24.3 Å². The quantitative estimate of drug-likeness (QED) is 0.0327. The van der Waals surface area contributed by atoms with Crippen molar-refractivity contribution in [2.24, 2.45) is 22.9 Å². The first-order valence-electron chi connectivity index (χ1n) is 23.7. The predicted octanol–water partition coefficient (Wildman–Crippen LogP) is 10.6. The molecule has 0 saturated heterocycles. The van der Waals surface area contributed by atoms with Crippen LogP contribution >= 0.6 is 0 Å². The fourth-order valence-electron chi connectivity index (χ4n) is 10.6. The molecule has 15 heteroatoms. The molecule has 0 aromatic heterocycles. The SMILES string of the molecule is C=CCO[C@@]12Oc3ccc(Oc4ccc5ccccc5c4)cc3[C@H]3[C@H](CCCCO)[C@@H](CCCCO)C=C(C(=NOCC)C[C@@H]1N(Cc1ccc4c(c1)OCO4)C(=O)Oc1ccc([N+](=O)[O-])cc1)[C@H]32. The van der Waals surface area contributed by atoms with Gasteiger partial charge in [0, 0.05) is 49.8 Å². The third-order valence-electron chi connectivity index (χ3n) is 13.6. The predicted molar refractivity (Wildman–Crippen MR) is 258 cm³/mol. The molecule has 1 saturated carbocycles. The molecular weight excluding hydrogens is 883 g/mol. The van der Waals surface area contributed by atoms with Crippen molar-refractivity contribution < 1.29 is 53.2 Å². The number of unbranched alkanes of at least 4 members (excludes halogenated alkanes) is 2. The number of amides is 1. The zero-order valence-corrected chi connectivity index (χ0v) is 38.6. The van der Waals surface area contributed by atoms with E-state index >= 15 is 4.79 Å². The molecule has 360 valence electrons. The number of fused-ring (bicyclic) bond motifs is 4. The Morgan fingerprint density at radius 1 is 0.884 bits per heavy atom. The van der Waals surface area contributed by atoms with Gasteiger partial charge >= 0.3 is 6.09 Å². The van der Waals surface area contributed by atoms with E-state index in [-0.39, 0.29) is 75.4 Å². The van der Waals surface area contributed by atoms with Crippen LogP contribution in [0.3, 0.4) is 0 Å². The molecule has 0 radical (unpaired) electrons. The fourth-order valence-corrected chi connectivity index (χ4v) is 10.6. The van der Waals surface area contributed by atoms with Crippen LogP contribution in [0, 0.1) is 27.9 Å². The highest BCUT2D eigenvalue weighted by Crippen LogP contribution is 2.62. The van der Waals surface area contributed by atoms with E-state index in [1.54, 1.807) is 17.0 Å². The number of aliphatic hydroxyl groups excluding tert-OH is 2. The van der Waals surface area contributed by atoms with Crippen molar-refractivity contribution in [3.05, 3.63) is 149 Å². The Morgan fingerprint density at radius 3 is 2.38 bits per heavy atom. The van der Waals surface area contributed by atoms with E-state index < -0.39 is 28.8 Å². The largest absolute Gasteiger partial charge is 0.459 e. The minimum atomic E-state index is -1.60. The summed E-state index contributed by atoms with van der Waals surface area (Å²) in [5.41, 5.74) is 2.93. The highest BCUT2D eigenvalue weighted by atomic mass is 16.7. The number of aliphatic hydroxyl groups is 2. The second-order valence-electron chi connectivity index (χ2n) is 17.7. The topological polar surface area (TPSA) is 181 Å². The summed E-state index contributed by atoms with van der Waals surface area (Å²) in [6.45, 7) is 6.41. The summed E-state index contributed by atoms with van der Waals surface area (Å²) in [6, 6.07) is 29.8. The van der Waals surface area contributed by atoms with Gasteiger partial charge in [0.25, 0.3) is 5.69 Å². The summed E-state index contributed by atoms with van der Waals surface area (Å²) in [7, 11) is 0. The molecule has 9 rings (SSSR count). The average Bonchev–Trinajstić information content (AvgIpc) is 3.84. The summed E-state index contributed by atoms with van der Waals surface area (Å²) in [4.78, 5) is 33.7. The van der Waals surface area contributed by atoms with Crippen LogP contribution in [0.1, 0.15) is 68.9 Å². The third-order valence-corrected chi connectivity index (χ3v) is 13.6. The lowest BCUT2D eigenvalue weighted by Gasteiger charge is -2.59. The van der Waals surface area contributed by atoms with Gasteiger partial charge in [-0.25, -0.2) is 4.79 Å². The highest BCUT2D eigenvalue weighted by Gasteiger charge is 2.66. The van der Waals surface area contributed by atoms with Crippen LogP contribution in [0.2, 0.25) is 0 Å². The Morgan fingerprint density at radius 2 is 1.61 bits per heavy atom. The molecule has 1 amide bonds. The molecule has 0 spiro atoms. The third kappa shape index (κ3) is 9.85. The maximum atomic E-state index is 15.1. The van der Waals surface area contributed by atoms with E-state index in [0.29, 0.717) is 52.9 Å². The van der Waals surface area contributed by atoms with Crippen LogP contribution in [0.4, 0.5) is 10.5 Å². The molecule has 1 fully saturated rings. The van der Waals surface area contributed by atoms with Crippen LogP contribution in [-0.4, -0.2) is 76.9 Å². The molecule has 15 nitrogen and oxygen atoms in total. The van der Waals surface area contributed by atoms with Crippen molar-refractivity contribution in [1.82, 2.24) is 4.90 Å². The van der Waals surface area contributed by atoms with Crippen LogP contribution in [0.5, 0.6) is 34.5 Å². The number of nitro benzene ring substituents is 1. The van der Waals surface area contributed by atoms with E-state index in [9.17, 15) is 20.3 Å². The average molecular weight is 940 g/mol. The lowest BCUT2D eigenvalue weighted by molar-refractivity contribution is -0.384. The van der Waals surface area contributed by atoms with Crippen molar-refractivity contribution in [3.8, 4) is 34.5 Å². The standard InChI is InChI=1S/C54H57N3O12/c1-3-27-65-54-50(56(33-35-15-23-48-49(28-35)64-34-63-48)53(60)68-40-20-17-39(18-21-40)57(61)62)32-46(55-66-4-2)44-30-38(13-7-9-25-58)43(14-8-10-26-59)51(52(44)54)45-31-42(22-24-47(45)69-54)67-41-19-16-36-11-5-6-12-37(36)29-41/h3,5-6,11-12,15-24,28-31,38,43,50-52,58-59H,1,4,7-10,13-14,25-27,32-34H2,2H3/t38-,43+,50-,51+,52+,54+/m0/s1. The van der Waals surface area contributed by atoms with Crippen molar-refractivity contribution in [3.63, 3.8) is 0 Å². The van der Waals surface area contributed by atoms with Crippen LogP contribution in [0.25, 0.3) is 10.8 Å². The number of allylic oxidation sites excluding steroid dienone is 1. The number of carbonyl (C=O) groups excluding carboxylic acids is 1. The van der Waals surface area contributed by atoms with Gasteiger partial charge in [0.05, 0.1) is 23.2 Å². The minimum Gasteiger partial charge on any atom is -0.459 e. The summed E-state index contributed by atoms with van der Waals surface area (Å²) >= 11 is 0. The first kappa shape index (κ1) is 47.1. The molecule has 2 aliphatic carbocycles. The Balaban J connectivity index is 1.23. The first-order chi connectivity index (χ1) is 33.7. The molecular formula is C54H57N3O12. The van der Waals surface area contributed by atoms with Gasteiger partial charge in [-0.05, 0) is 121 Å². The number of ether oxygens (including phenoxy) is 6. The van der Waals surface area contributed by atoms with Gasteiger partial charge < -0.3 is 43.5 Å². The zero-order valence-electron chi connectivity index (χ0n) is 38.6. The Bertz CT molecular complexity index is 2720. The molecule has 4 aliphatic rings. The van der Waals surface area contributed by atoms with Crippen molar-refractivity contribution >= 4 is 28.3 Å². The normalized spacial score (nSPS) is 22.4. The number of rotatable bonds is 20. The van der Waals surface area contributed by atoms with E-state index in [1.807, 2.05) is 67.6 Å². The molecule has 2 N–H and O–H groups in total. The van der Waals surface area contributed by atoms with Gasteiger partial charge in [-0.15, -0.1) is 6.58 Å². The number of carbonyl (C=O) groups is 1. The number of hydrogen-bond donors (Lipinski definition) is 2. The van der Waals surface area contributed by atoms with Gasteiger partial charge in [0.2, 0.25) is 12.6 Å². The molecule has 0 bridgehead atoms. The second kappa shape index (κ2) is 21.1. The molecule has 5 aromatic carbocycles. The molecule has 69 heavy (non-hydrogen) atoms. The smallest absolute Gasteiger partial charge is 0.416 e. The number of nitrogens with zero attached hydrogens (tertiary/aromatic N) is 3. The lowest BCUT2D eigenvalue weighted by atomic mass is 9.55. The van der Waals surface area contributed by atoms with Crippen molar-refractivity contribution in [2.45, 2.75) is 76.2 Å². The monoisotopic (exact) mass is 939 g/mol. The van der Waals surface area contributed by atoms with Gasteiger partial charge in [-0.2, -0.15) is 0 Å². The van der Waals surface area contributed by atoms with Crippen molar-refractivity contribution in [2.75, 3.05) is 33.2 Å². The number of benzene rings is 5. The molecule has 0 unspecified atom stereocenters. The fraction of sp³-hybridized carbons (Fsp3) is 0.370. The maximum Gasteiger partial charge on any atom is 0.416 e. The summed E-state index contributed by atoms with van der Waals surface area (Å²) in [6.07, 6.45) is 7.59.